The maximum atomic E-state index is 11.9. The van der Waals surface area contributed by atoms with Gasteiger partial charge < -0.3 is 10.6 Å². The largest absolute Gasteiger partial charge is 0.341 e. The van der Waals surface area contributed by atoms with Crippen LogP contribution in [0.25, 0.3) is 0 Å². The van der Waals surface area contributed by atoms with Crippen LogP contribution in [0, 0.1) is 6.92 Å². The fourth-order valence-corrected chi connectivity index (χ4v) is 2.01. The minimum Gasteiger partial charge on any atom is -0.341 e. The van der Waals surface area contributed by atoms with Crippen LogP contribution in [0.4, 0.5) is 0 Å². The minimum atomic E-state index is 0.168. The lowest BCUT2D eigenvalue weighted by molar-refractivity contribution is -0.129. The van der Waals surface area contributed by atoms with E-state index in [-0.39, 0.29) is 11.9 Å². The molecule has 0 unspecified atom stereocenters. The van der Waals surface area contributed by atoms with Crippen LogP contribution in [0.3, 0.4) is 0 Å². The number of amides is 1. The third-order valence-electron chi connectivity index (χ3n) is 3.05. The number of benzene rings is 1. The van der Waals surface area contributed by atoms with Crippen molar-refractivity contribution in [2.75, 3.05) is 13.1 Å². The molecule has 3 heteroatoms. The molecule has 1 aromatic carbocycles. The summed E-state index contributed by atoms with van der Waals surface area (Å²) in [5, 5.41) is 0. The van der Waals surface area contributed by atoms with E-state index >= 15 is 0 Å². The molecule has 16 heavy (non-hydrogen) atoms. The second-order valence-electron chi connectivity index (χ2n) is 4.55. The van der Waals surface area contributed by atoms with Crippen molar-refractivity contribution in [3.05, 3.63) is 35.4 Å². The van der Waals surface area contributed by atoms with Gasteiger partial charge in [-0.05, 0) is 18.9 Å². The molecule has 86 valence electrons. The SMILES string of the molecule is Cc1ccc(CC(=O)N2CC[C@H](N)C2)cc1. The summed E-state index contributed by atoms with van der Waals surface area (Å²) in [6.07, 6.45) is 1.42. The van der Waals surface area contributed by atoms with Crippen LogP contribution in [0.15, 0.2) is 24.3 Å². The molecule has 1 saturated heterocycles. The molecule has 0 spiro atoms. The first-order valence-electron chi connectivity index (χ1n) is 5.74. The summed E-state index contributed by atoms with van der Waals surface area (Å²) >= 11 is 0. The van der Waals surface area contributed by atoms with Gasteiger partial charge in [0.15, 0.2) is 0 Å². The van der Waals surface area contributed by atoms with Gasteiger partial charge in [-0.2, -0.15) is 0 Å². The van der Waals surface area contributed by atoms with E-state index in [0.29, 0.717) is 13.0 Å². The van der Waals surface area contributed by atoms with E-state index in [4.69, 9.17) is 5.73 Å². The number of aryl methyl sites for hydroxylation is 1. The molecule has 1 fully saturated rings. The first-order valence-corrected chi connectivity index (χ1v) is 5.74. The average molecular weight is 218 g/mol. The van der Waals surface area contributed by atoms with Gasteiger partial charge in [0.2, 0.25) is 5.91 Å². The van der Waals surface area contributed by atoms with Gasteiger partial charge in [-0.3, -0.25) is 4.79 Å². The Balaban J connectivity index is 1.94. The zero-order chi connectivity index (χ0) is 11.5. The van der Waals surface area contributed by atoms with E-state index in [1.54, 1.807) is 0 Å². The first-order chi connectivity index (χ1) is 7.65. The van der Waals surface area contributed by atoms with Crippen molar-refractivity contribution in [2.45, 2.75) is 25.8 Å². The van der Waals surface area contributed by atoms with Gasteiger partial charge in [-0.25, -0.2) is 0 Å². The number of hydrogen-bond donors (Lipinski definition) is 1. The molecule has 1 amide bonds. The van der Waals surface area contributed by atoms with Gasteiger partial charge in [0, 0.05) is 19.1 Å². The van der Waals surface area contributed by atoms with E-state index in [1.807, 2.05) is 36.1 Å². The molecule has 1 aromatic rings. The molecule has 1 aliphatic rings. The third kappa shape index (κ3) is 2.61. The predicted molar refractivity (Wildman–Crippen MR) is 64.1 cm³/mol. The molecule has 2 rings (SSSR count). The second kappa shape index (κ2) is 4.66. The highest BCUT2D eigenvalue weighted by Gasteiger charge is 2.23. The minimum absolute atomic E-state index is 0.168. The normalized spacial score (nSPS) is 20.1. The Morgan fingerprint density at radius 3 is 2.69 bits per heavy atom. The van der Waals surface area contributed by atoms with E-state index < -0.39 is 0 Å². The molecular weight excluding hydrogens is 200 g/mol. The van der Waals surface area contributed by atoms with Gasteiger partial charge in [0.25, 0.3) is 0 Å². The Kier molecular flexibility index (Phi) is 3.25. The Morgan fingerprint density at radius 2 is 2.12 bits per heavy atom. The monoisotopic (exact) mass is 218 g/mol. The van der Waals surface area contributed by atoms with Gasteiger partial charge >= 0.3 is 0 Å². The fraction of sp³-hybridized carbons (Fsp3) is 0.462. The van der Waals surface area contributed by atoms with Gasteiger partial charge in [0.05, 0.1) is 6.42 Å². The Bertz CT molecular complexity index is 372. The van der Waals surface area contributed by atoms with Crippen LogP contribution in [0.1, 0.15) is 17.5 Å². The summed E-state index contributed by atoms with van der Waals surface area (Å²) < 4.78 is 0. The second-order valence-corrected chi connectivity index (χ2v) is 4.55. The Labute approximate surface area is 96.2 Å². The van der Waals surface area contributed by atoms with Crippen LogP contribution < -0.4 is 5.73 Å². The highest BCUT2D eigenvalue weighted by molar-refractivity contribution is 5.79. The van der Waals surface area contributed by atoms with E-state index in [1.165, 1.54) is 5.56 Å². The van der Waals surface area contributed by atoms with E-state index in [0.717, 1.165) is 18.5 Å². The van der Waals surface area contributed by atoms with E-state index in [2.05, 4.69) is 0 Å². The van der Waals surface area contributed by atoms with Crippen molar-refractivity contribution in [1.82, 2.24) is 4.90 Å². The van der Waals surface area contributed by atoms with Crippen LogP contribution in [-0.4, -0.2) is 29.9 Å². The zero-order valence-electron chi connectivity index (χ0n) is 9.65. The molecule has 0 saturated carbocycles. The molecular formula is C13H18N2O. The summed E-state index contributed by atoms with van der Waals surface area (Å²) in [4.78, 5) is 13.8. The lowest BCUT2D eigenvalue weighted by Crippen LogP contribution is -2.32. The molecule has 0 bridgehead atoms. The lowest BCUT2D eigenvalue weighted by Gasteiger charge is -2.15. The van der Waals surface area contributed by atoms with Crippen LogP contribution in [-0.2, 0) is 11.2 Å². The fourth-order valence-electron chi connectivity index (χ4n) is 2.01. The molecule has 0 aliphatic carbocycles. The van der Waals surface area contributed by atoms with Gasteiger partial charge in [-0.1, -0.05) is 29.8 Å². The van der Waals surface area contributed by atoms with Crippen molar-refractivity contribution in [1.29, 1.82) is 0 Å². The topological polar surface area (TPSA) is 46.3 Å². The molecule has 3 nitrogen and oxygen atoms in total. The van der Waals surface area contributed by atoms with Crippen molar-refractivity contribution in [3.63, 3.8) is 0 Å². The molecule has 0 radical (unpaired) electrons. The Hall–Kier alpha value is -1.35. The summed E-state index contributed by atoms with van der Waals surface area (Å²) in [7, 11) is 0. The molecule has 1 heterocycles. The maximum Gasteiger partial charge on any atom is 0.227 e. The number of carbonyl (C=O) groups excluding carboxylic acids is 1. The number of hydrogen-bond acceptors (Lipinski definition) is 2. The average Bonchev–Trinajstić information content (AvgIpc) is 2.68. The number of nitrogens with zero attached hydrogens (tertiary/aromatic N) is 1. The predicted octanol–water partition coefficient (Wildman–Crippen LogP) is 1.10. The number of rotatable bonds is 2. The first kappa shape index (κ1) is 11.1. The van der Waals surface area contributed by atoms with Gasteiger partial charge in [0.1, 0.15) is 0 Å². The summed E-state index contributed by atoms with van der Waals surface area (Å²) in [6, 6.07) is 8.28. The summed E-state index contributed by atoms with van der Waals surface area (Å²) in [5.74, 6) is 0.191. The number of likely N-dealkylation sites (tertiary alicyclic amines) is 1. The molecule has 1 aliphatic heterocycles. The molecule has 1 atom stereocenters. The smallest absolute Gasteiger partial charge is 0.227 e. The van der Waals surface area contributed by atoms with Crippen molar-refractivity contribution in [2.24, 2.45) is 5.73 Å². The van der Waals surface area contributed by atoms with E-state index in [9.17, 15) is 4.79 Å². The van der Waals surface area contributed by atoms with Crippen molar-refractivity contribution < 1.29 is 4.79 Å². The number of carbonyl (C=O) groups is 1. The molecule has 0 aromatic heterocycles. The quantitative estimate of drug-likeness (QED) is 0.808. The van der Waals surface area contributed by atoms with Crippen LogP contribution in [0.2, 0.25) is 0 Å². The standard InChI is InChI=1S/C13H18N2O/c1-10-2-4-11(5-3-10)8-13(16)15-7-6-12(14)9-15/h2-5,12H,6-9,14H2,1H3/t12-/m0/s1. The molecule has 2 N–H and O–H groups in total. The summed E-state index contributed by atoms with van der Waals surface area (Å²) in [5.41, 5.74) is 8.08. The Morgan fingerprint density at radius 1 is 1.44 bits per heavy atom. The highest BCUT2D eigenvalue weighted by Crippen LogP contribution is 2.11. The van der Waals surface area contributed by atoms with Crippen molar-refractivity contribution in [3.8, 4) is 0 Å². The highest BCUT2D eigenvalue weighted by atomic mass is 16.2. The lowest BCUT2D eigenvalue weighted by atomic mass is 10.1. The van der Waals surface area contributed by atoms with Crippen LogP contribution >= 0.6 is 0 Å². The maximum absolute atomic E-state index is 11.9. The van der Waals surface area contributed by atoms with Crippen molar-refractivity contribution >= 4 is 5.91 Å². The summed E-state index contributed by atoms with van der Waals surface area (Å²) in [6.45, 7) is 3.57. The van der Waals surface area contributed by atoms with Crippen LogP contribution in [0.5, 0.6) is 0 Å². The third-order valence-corrected chi connectivity index (χ3v) is 3.05. The number of nitrogens with two attached hydrogens (primary N) is 1. The van der Waals surface area contributed by atoms with Gasteiger partial charge in [-0.15, -0.1) is 0 Å². The zero-order valence-corrected chi connectivity index (χ0v) is 9.65.